The fraction of sp³-hybridized carbons (Fsp3) is 1.00. The highest BCUT2D eigenvalue weighted by Gasteiger charge is 2.23. The SMILES string of the molecule is CCC(OCC1CO1)[SiH2]O[SiH2]O[SiH3]. The van der Waals surface area contributed by atoms with Gasteiger partial charge in [-0.15, -0.1) is 0 Å². The maximum Gasteiger partial charge on any atom is 0.282 e. The Labute approximate surface area is 86.8 Å². The maximum absolute atomic E-state index is 5.65. The lowest BCUT2D eigenvalue weighted by atomic mass is 10.5. The van der Waals surface area contributed by atoms with Gasteiger partial charge in [-0.25, -0.2) is 0 Å². The smallest absolute Gasteiger partial charge is 0.282 e. The standard InChI is InChI=1S/C6H18O4Si3/c1-2-6(12-10-13-9-11)8-4-5-3-7-5/h5-6H,2-4,12-13H2,1,11H3. The summed E-state index contributed by atoms with van der Waals surface area (Å²) in [6, 6.07) is 0. The lowest BCUT2D eigenvalue weighted by Gasteiger charge is -2.14. The molecule has 13 heavy (non-hydrogen) atoms. The predicted octanol–water partition coefficient (Wildman–Crippen LogP) is -2.47. The van der Waals surface area contributed by atoms with E-state index in [1.165, 1.54) is 0 Å². The number of hydrogen-bond acceptors (Lipinski definition) is 4. The van der Waals surface area contributed by atoms with E-state index in [1.807, 2.05) is 0 Å². The molecule has 4 nitrogen and oxygen atoms in total. The van der Waals surface area contributed by atoms with Gasteiger partial charge in [0.25, 0.3) is 10.0 Å². The fourth-order valence-electron chi connectivity index (χ4n) is 0.954. The molecule has 0 aliphatic carbocycles. The first-order valence-electron chi connectivity index (χ1n) is 4.66. The second-order valence-electron chi connectivity index (χ2n) is 3.10. The largest absolute Gasteiger partial charge is 0.449 e. The first-order valence-corrected chi connectivity index (χ1v) is 8.03. The minimum atomic E-state index is -0.639. The summed E-state index contributed by atoms with van der Waals surface area (Å²) in [5.74, 6) is 0. The van der Waals surface area contributed by atoms with Crippen molar-refractivity contribution in [3.8, 4) is 0 Å². The van der Waals surface area contributed by atoms with Crippen molar-refractivity contribution in [1.82, 2.24) is 0 Å². The summed E-state index contributed by atoms with van der Waals surface area (Å²) in [7, 11) is -0.350. The molecule has 1 aliphatic rings. The molecular weight excluding hydrogens is 220 g/mol. The predicted molar refractivity (Wildman–Crippen MR) is 59.0 cm³/mol. The van der Waals surface area contributed by atoms with Crippen molar-refractivity contribution in [2.24, 2.45) is 0 Å². The van der Waals surface area contributed by atoms with E-state index >= 15 is 0 Å². The molecule has 2 atom stereocenters. The summed E-state index contributed by atoms with van der Waals surface area (Å²) >= 11 is 0. The lowest BCUT2D eigenvalue weighted by Crippen LogP contribution is -2.26. The number of hydrogen-bond donors (Lipinski definition) is 0. The number of rotatable bonds is 8. The van der Waals surface area contributed by atoms with Gasteiger partial charge in [0.1, 0.15) is 16.6 Å². The van der Waals surface area contributed by atoms with Gasteiger partial charge in [-0.3, -0.25) is 0 Å². The topological polar surface area (TPSA) is 40.2 Å². The molecular formula is C6H18O4Si3. The highest BCUT2D eigenvalue weighted by Crippen LogP contribution is 2.10. The highest BCUT2D eigenvalue weighted by atomic mass is 28.3. The van der Waals surface area contributed by atoms with Crippen LogP contribution >= 0.6 is 0 Å². The fourth-order valence-corrected chi connectivity index (χ4v) is 5.03. The Balaban J connectivity index is 1.95. The zero-order valence-electron chi connectivity index (χ0n) is 8.32. The van der Waals surface area contributed by atoms with E-state index in [0.29, 0.717) is 11.8 Å². The molecule has 0 aromatic heterocycles. The minimum absolute atomic E-state index is 0.355. The third-order valence-corrected chi connectivity index (χ3v) is 5.62. The van der Waals surface area contributed by atoms with Crippen molar-refractivity contribution in [3.05, 3.63) is 0 Å². The Morgan fingerprint density at radius 3 is 3.00 bits per heavy atom. The molecule has 1 saturated heterocycles. The lowest BCUT2D eigenvalue weighted by molar-refractivity contribution is 0.0820. The molecule has 0 bridgehead atoms. The van der Waals surface area contributed by atoms with Crippen molar-refractivity contribution in [2.75, 3.05) is 13.2 Å². The molecule has 0 radical (unpaired) electrons. The Morgan fingerprint density at radius 2 is 2.46 bits per heavy atom. The third kappa shape index (κ3) is 5.73. The van der Waals surface area contributed by atoms with Gasteiger partial charge in [-0.1, -0.05) is 6.92 Å². The summed E-state index contributed by atoms with van der Waals surface area (Å²) in [5.41, 5.74) is 0.355. The van der Waals surface area contributed by atoms with Gasteiger partial charge in [0, 0.05) is 0 Å². The van der Waals surface area contributed by atoms with Crippen molar-refractivity contribution >= 4 is 30.3 Å². The van der Waals surface area contributed by atoms with Crippen LogP contribution in [0.3, 0.4) is 0 Å². The van der Waals surface area contributed by atoms with E-state index in [4.69, 9.17) is 17.7 Å². The average Bonchev–Trinajstić information content (AvgIpc) is 2.94. The van der Waals surface area contributed by atoms with Gasteiger partial charge >= 0.3 is 0 Å². The van der Waals surface area contributed by atoms with Crippen LogP contribution in [0.2, 0.25) is 0 Å². The van der Waals surface area contributed by atoms with Crippen molar-refractivity contribution in [1.29, 1.82) is 0 Å². The molecule has 7 heteroatoms. The van der Waals surface area contributed by atoms with Crippen molar-refractivity contribution in [3.63, 3.8) is 0 Å². The van der Waals surface area contributed by atoms with Crippen molar-refractivity contribution < 1.29 is 17.7 Å². The van der Waals surface area contributed by atoms with Crippen LogP contribution in [0.4, 0.5) is 0 Å². The van der Waals surface area contributed by atoms with Gasteiger partial charge in [0.05, 0.1) is 18.9 Å². The Hall–Kier alpha value is 0.491. The third-order valence-electron chi connectivity index (χ3n) is 1.88. The molecule has 0 saturated carbocycles. The molecule has 0 spiro atoms. The zero-order valence-corrected chi connectivity index (χ0v) is 13.2. The van der Waals surface area contributed by atoms with Gasteiger partial charge in [-0.05, 0) is 6.42 Å². The van der Waals surface area contributed by atoms with Gasteiger partial charge in [0.2, 0.25) is 0 Å². The van der Waals surface area contributed by atoms with Gasteiger partial charge in [0.15, 0.2) is 9.76 Å². The van der Waals surface area contributed by atoms with Crippen LogP contribution in [0.1, 0.15) is 13.3 Å². The van der Waals surface area contributed by atoms with E-state index in [0.717, 1.165) is 30.1 Å². The van der Waals surface area contributed by atoms with Crippen LogP contribution in [-0.2, 0) is 17.7 Å². The quantitative estimate of drug-likeness (QED) is 0.267. The van der Waals surface area contributed by atoms with E-state index in [9.17, 15) is 0 Å². The summed E-state index contributed by atoms with van der Waals surface area (Å²) in [6.45, 7) is 3.76. The van der Waals surface area contributed by atoms with Crippen LogP contribution in [0, 0.1) is 0 Å². The highest BCUT2D eigenvalue weighted by molar-refractivity contribution is 6.42. The normalized spacial score (nSPS) is 25.2. The van der Waals surface area contributed by atoms with E-state index < -0.39 is 19.8 Å². The van der Waals surface area contributed by atoms with Gasteiger partial charge in [-0.2, -0.15) is 0 Å². The zero-order chi connectivity index (χ0) is 9.52. The summed E-state index contributed by atoms with van der Waals surface area (Å²) in [5, 5.41) is 0. The van der Waals surface area contributed by atoms with Crippen LogP contribution < -0.4 is 0 Å². The molecule has 0 amide bonds. The molecule has 0 aromatic rings. The summed E-state index contributed by atoms with van der Waals surface area (Å²) in [6.07, 6.45) is 1.42. The first kappa shape index (κ1) is 11.6. The molecule has 0 aromatic carbocycles. The number of ether oxygens (including phenoxy) is 2. The van der Waals surface area contributed by atoms with Crippen LogP contribution in [0.5, 0.6) is 0 Å². The Kier molecular flexibility index (Phi) is 6.11. The Morgan fingerprint density at radius 1 is 1.69 bits per heavy atom. The van der Waals surface area contributed by atoms with Gasteiger partial charge < -0.3 is 17.7 Å². The van der Waals surface area contributed by atoms with E-state index in [-0.39, 0.29) is 0 Å². The first-order chi connectivity index (χ1) is 6.36. The monoisotopic (exact) mass is 238 g/mol. The molecule has 0 N–H and O–H groups in total. The molecule has 1 heterocycles. The second-order valence-corrected chi connectivity index (χ2v) is 8.52. The van der Waals surface area contributed by atoms with Crippen LogP contribution in [0.25, 0.3) is 0 Å². The summed E-state index contributed by atoms with van der Waals surface area (Å²) < 4.78 is 21.3. The van der Waals surface area contributed by atoms with Crippen molar-refractivity contribution in [2.45, 2.75) is 25.2 Å². The second kappa shape index (κ2) is 6.87. The van der Waals surface area contributed by atoms with Crippen LogP contribution in [-0.4, -0.2) is 55.3 Å². The molecule has 78 valence electrons. The summed E-state index contributed by atoms with van der Waals surface area (Å²) in [4.78, 5) is 0. The Bertz CT molecular complexity index is 133. The molecule has 1 fully saturated rings. The molecule has 1 rings (SSSR count). The van der Waals surface area contributed by atoms with E-state index in [2.05, 4.69) is 6.92 Å². The maximum atomic E-state index is 5.65. The average molecular weight is 238 g/mol. The molecule has 1 aliphatic heterocycles. The van der Waals surface area contributed by atoms with Crippen LogP contribution in [0.15, 0.2) is 0 Å². The van der Waals surface area contributed by atoms with E-state index in [1.54, 1.807) is 0 Å². The minimum Gasteiger partial charge on any atom is -0.449 e. The number of epoxide rings is 1. The molecule has 2 unspecified atom stereocenters.